The summed E-state index contributed by atoms with van der Waals surface area (Å²) < 4.78 is 5.18. The summed E-state index contributed by atoms with van der Waals surface area (Å²) >= 11 is 6.03. The highest BCUT2D eigenvalue weighted by Gasteiger charge is 2.25. The molecule has 1 amide bonds. The summed E-state index contributed by atoms with van der Waals surface area (Å²) in [6.45, 7) is 2.38. The summed E-state index contributed by atoms with van der Waals surface area (Å²) in [7, 11) is 1.65. The molecule has 1 fully saturated rings. The van der Waals surface area contributed by atoms with Crippen LogP contribution in [0.25, 0.3) is 10.9 Å². The van der Waals surface area contributed by atoms with E-state index in [1.165, 1.54) is 0 Å². The molecule has 0 unspecified atom stereocenters. The first-order chi connectivity index (χ1) is 13.1. The van der Waals surface area contributed by atoms with Gasteiger partial charge in [0.2, 0.25) is 5.91 Å². The molecule has 6 heteroatoms. The van der Waals surface area contributed by atoms with Crippen LogP contribution in [0.2, 0.25) is 5.02 Å². The Hall–Kier alpha value is -2.79. The normalized spacial score (nSPS) is 14.7. The monoisotopic (exact) mass is 381 g/mol. The Morgan fingerprint density at radius 1 is 1.07 bits per heavy atom. The van der Waals surface area contributed by atoms with Crippen molar-refractivity contribution < 1.29 is 9.53 Å². The smallest absolute Gasteiger partial charge is 0.242 e. The van der Waals surface area contributed by atoms with Gasteiger partial charge in [-0.25, -0.2) is 4.98 Å². The Balaban J connectivity index is 1.44. The standard InChI is InChI=1S/C21H20ClN3O2/c1-27-18-6-2-15(3-7-18)13-25-11-10-24(14-21(25)26)20-9-4-16-12-17(22)5-8-19(16)23-20/h2-9,12H,10-11,13-14H2,1H3. The van der Waals surface area contributed by atoms with E-state index in [2.05, 4.69) is 4.98 Å². The molecule has 1 saturated heterocycles. The van der Waals surface area contributed by atoms with Gasteiger partial charge in [0.25, 0.3) is 0 Å². The van der Waals surface area contributed by atoms with Gasteiger partial charge in [-0.1, -0.05) is 23.7 Å². The van der Waals surface area contributed by atoms with Crippen LogP contribution in [-0.4, -0.2) is 42.5 Å². The number of fused-ring (bicyclic) bond motifs is 1. The number of amides is 1. The van der Waals surface area contributed by atoms with Crippen molar-refractivity contribution >= 4 is 34.2 Å². The highest BCUT2D eigenvalue weighted by molar-refractivity contribution is 6.31. The number of hydrogen-bond acceptors (Lipinski definition) is 4. The lowest BCUT2D eigenvalue weighted by Gasteiger charge is -2.35. The minimum atomic E-state index is 0.107. The highest BCUT2D eigenvalue weighted by atomic mass is 35.5. The number of pyridine rings is 1. The Labute approximate surface area is 163 Å². The number of methoxy groups -OCH3 is 1. The van der Waals surface area contributed by atoms with E-state index in [-0.39, 0.29) is 5.91 Å². The van der Waals surface area contributed by atoms with Gasteiger partial charge in [0.15, 0.2) is 0 Å². The van der Waals surface area contributed by atoms with Crippen LogP contribution in [0.4, 0.5) is 5.82 Å². The Morgan fingerprint density at radius 2 is 1.89 bits per heavy atom. The molecule has 0 saturated carbocycles. The number of piperazine rings is 1. The van der Waals surface area contributed by atoms with Gasteiger partial charge in [-0.3, -0.25) is 4.79 Å². The number of carbonyl (C=O) groups is 1. The van der Waals surface area contributed by atoms with Crippen molar-refractivity contribution in [2.24, 2.45) is 0 Å². The lowest BCUT2D eigenvalue weighted by Crippen LogP contribution is -2.50. The number of anilines is 1. The molecule has 0 aliphatic carbocycles. The predicted molar refractivity (Wildman–Crippen MR) is 107 cm³/mol. The van der Waals surface area contributed by atoms with Gasteiger partial charge in [-0.05, 0) is 48.0 Å². The molecule has 4 rings (SSSR count). The minimum Gasteiger partial charge on any atom is -0.497 e. The maximum absolute atomic E-state index is 12.6. The molecular weight excluding hydrogens is 362 g/mol. The van der Waals surface area contributed by atoms with Gasteiger partial charge in [0.05, 0.1) is 19.2 Å². The number of hydrogen-bond donors (Lipinski definition) is 0. The van der Waals surface area contributed by atoms with E-state index in [1.54, 1.807) is 7.11 Å². The molecule has 138 valence electrons. The zero-order chi connectivity index (χ0) is 18.8. The molecule has 0 radical (unpaired) electrons. The van der Waals surface area contributed by atoms with Crippen molar-refractivity contribution in [2.45, 2.75) is 6.54 Å². The summed E-state index contributed by atoms with van der Waals surface area (Å²) in [5.74, 6) is 1.75. The quantitative estimate of drug-likeness (QED) is 0.690. The second-order valence-electron chi connectivity index (χ2n) is 6.59. The first-order valence-corrected chi connectivity index (χ1v) is 9.22. The number of ether oxygens (including phenoxy) is 1. The summed E-state index contributed by atoms with van der Waals surface area (Å²) in [6.07, 6.45) is 0. The van der Waals surface area contributed by atoms with Crippen molar-refractivity contribution in [2.75, 3.05) is 31.6 Å². The third-order valence-corrected chi connectivity index (χ3v) is 5.05. The van der Waals surface area contributed by atoms with Crippen LogP contribution in [0.3, 0.4) is 0 Å². The van der Waals surface area contributed by atoms with E-state index in [9.17, 15) is 4.79 Å². The number of rotatable bonds is 4. The maximum atomic E-state index is 12.6. The zero-order valence-corrected chi connectivity index (χ0v) is 15.8. The van der Waals surface area contributed by atoms with E-state index < -0.39 is 0 Å². The topological polar surface area (TPSA) is 45.7 Å². The summed E-state index contributed by atoms with van der Waals surface area (Å²) in [5, 5.41) is 1.69. The largest absolute Gasteiger partial charge is 0.497 e. The molecule has 2 aromatic carbocycles. The molecule has 3 aromatic rings. The molecule has 27 heavy (non-hydrogen) atoms. The molecule has 0 atom stereocenters. The fourth-order valence-electron chi connectivity index (χ4n) is 3.28. The molecule has 1 aliphatic rings. The van der Waals surface area contributed by atoms with Crippen LogP contribution in [0.1, 0.15) is 5.56 Å². The molecule has 1 aromatic heterocycles. The van der Waals surface area contributed by atoms with Crippen molar-refractivity contribution in [1.29, 1.82) is 0 Å². The van der Waals surface area contributed by atoms with Crippen LogP contribution in [0.15, 0.2) is 54.6 Å². The van der Waals surface area contributed by atoms with Crippen molar-refractivity contribution in [3.8, 4) is 5.75 Å². The van der Waals surface area contributed by atoms with Crippen molar-refractivity contribution in [3.63, 3.8) is 0 Å². The third kappa shape index (κ3) is 3.83. The van der Waals surface area contributed by atoms with Gasteiger partial charge in [0, 0.05) is 30.0 Å². The Morgan fingerprint density at radius 3 is 2.63 bits per heavy atom. The average molecular weight is 382 g/mol. The molecule has 0 bridgehead atoms. The number of aromatic nitrogens is 1. The third-order valence-electron chi connectivity index (χ3n) is 4.81. The van der Waals surface area contributed by atoms with Crippen molar-refractivity contribution in [1.82, 2.24) is 9.88 Å². The Bertz CT molecular complexity index is 975. The molecule has 2 heterocycles. The van der Waals surface area contributed by atoms with Gasteiger partial charge in [-0.15, -0.1) is 0 Å². The van der Waals surface area contributed by atoms with Crippen LogP contribution in [0.5, 0.6) is 5.75 Å². The summed E-state index contributed by atoms with van der Waals surface area (Å²) in [4.78, 5) is 21.2. The van der Waals surface area contributed by atoms with Gasteiger partial charge in [0.1, 0.15) is 11.6 Å². The number of carbonyl (C=O) groups excluding carboxylic acids is 1. The lowest BCUT2D eigenvalue weighted by atomic mass is 10.1. The molecule has 5 nitrogen and oxygen atoms in total. The van der Waals surface area contributed by atoms with Crippen LogP contribution >= 0.6 is 11.6 Å². The SMILES string of the molecule is COc1ccc(CN2CCN(c3ccc4cc(Cl)ccc4n3)CC2=O)cc1. The number of nitrogens with zero attached hydrogens (tertiary/aromatic N) is 3. The van der Waals surface area contributed by atoms with Crippen LogP contribution < -0.4 is 9.64 Å². The molecule has 0 spiro atoms. The van der Waals surface area contributed by atoms with E-state index in [4.69, 9.17) is 16.3 Å². The van der Waals surface area contributed by atoms with Gasteiger partial charge < -0.3 is 14.5 Å². The average Bonchev–Trinajstić information content (AvgIpc) is 2.69. The fraction of sp³-hybridized carbons (Fsp3) is 0.238. The molecular formula is C21H20ClN3O2. The number of benzene rings is 2. The molecule has 0 N–H and O–H groups in total. The van der Waals surface area contributed by atoms with E-state index in [0.29, 0.717) is 24.7 Å². The molecule has 1 aliphatic heterocycles. The summed E-state index contributed by atoms with van der Waals surface area (Å²) in [6, 6.07) is 17.4. The highest BCUT2D eigenvalue weighted by Crippen LogP contribution is 2.23. The first-order valence-electron chi connectivity index (χ1n) is 8.84. The van der Waals surface area contributed by atoms with E-state index in [0.717, 1.165) is 34.6 Å². The van der Waals surface area contributed by atoms with E-state index in [1.807, 2.05) is 64.4 Å². The zero-order valence-electron chi connectivity index (χ0n) is 15.1. The lowest BCUT2D eigenvalue weighted by molar-refractivity contribution is -0.131. The van der Waals surface area contributed by atoms with Gasteiger partial charge in [-0.2, -0.15) is 0 Å². The van der Waals surface area contributed by atoms with Crippen LogP contribution in [0, 0.1) is 0 Å². The first kappa shape index (κ1) is 17.6. The second-order valence-corrected chi connectivity index (χ2v) is 7.03. The fourth-order valence-corrected chi connectivity index (χ4v) is 3.46. The van der Waals surface area contributed by atoms with Gasteiger partial charge >= 0.3 is 0 Å². The number of halogens is 1. The predicted octanol–water partition coefficient (Wildman–Crippen LogP) is 3.75. The van der Waals surface area contributed by atoms with Crippen molar-refractivity contribution in [3.05, 3.63) is 65.2 Å². The second kappa shape index (κ2) is 7.45. The Kier molecular flexibility index (Phi) is 4.86. The summed E-state index contributed by atoms with van der Waals surface area (Å²) in [5.41, 5.74) is 1.98. The maximum Gasteiger partial charge on any atom is 0.242 e. The van der Waals surface area contributed by atoms with E-state index >= 15 is 0 Å². The minimum absolute atomic E-state index is 0.107. The van der Waals surface area contributed by atoms with Crippen LogP contribution in [-0.2, 0) is 11.3 Å².